The lowest BCUT2D eigenvalue weighted by atomic mass is 10.0. The average Bonchev–Trinajstić information content (AvgIpc) is 2.83. The van der Waals surface area contributed by atoms with Crippen molar-refractivity contribution in [1.82, 2.24) is 15.5 Å². The standard InChI is InChI=1S/C26H38N4O2/c1-5-27-26(28-19-21-12-13-24(31-4)25(18-21)32-6-2)29-23-14-16-30(17-15-23)20(3)22-10-8-7-9-11-22/h7-13,18,20,23H,5-6,14-17,19H2,1-4H3,(H2,27,28,29). The van der Waals surface area contributed by atoms with Gasteiger partial charge in [-0.3, -0.25) is 4.90 Å². The van der Waals surface area contributed by atoms with Crippen molar-refractivity contribution in [3.63, 3.8) is 0 Å². The largest absolute Gasteiger partial charge is 0.493 e. The first-order valence-electron chi connectivity index (χ1n) is 11.8. The predicted molar refractivity (Wildman–Crippen MR) is 132 cm³/mol. The molecule has 0 aliphatic carbocycles. The van der Waals surface area contributed by atoms with Gasteiger partial charge in [-0.05, 0) is 56.9 Å². The van der Waals surface area contributed by atoms with E-state index < -0.39 is 0 Å². The normalized spacial score (nSPS) is 16.4. The summed E-state index contributed by atoms with van der Waals surface area (Å²) in [6, 6.07) is 17.7. The molecule has 2 aromatic rings. The lowest BCUT2D eigenvalue weighted by Gasteiger charge is -2.37. The van der Waals surface area contributed by atoms with Crippen LogP contribution in [0.4, 0.5) is 0 Å². The minimum Gasteiger partial charge on any atom is -0.493 e. The number of likely N-dealkylation sites (tertiary alicyclic amines) is 1. The van der Waals surface area contributed by atoms with Crippen LogP contribution in [0.25, 0.3) is 0 Å². The first-order chi connectivity index (χ1) is 15.6. The maximum Gasteiger partial charge on any atom is 0.191 e. The number of guanidine groups is 1. The molecule has 3 rings (SSSR count). The second-order valence-electron chi connectivity index (χ2n) is 8.15. The van der Waals surface area contributed by atoms with Crippen LogP contribution in [0.3, 0.4) is 0 Å². The lowest BCUT2D eigenvalue weighted by molar-refractivity contribution is 0.158. The molecule has 6 nitrogen and oxygen atoms in total. The number of methoxy groups -OCH3 is 1. The van der Waals surface area contributed by atoms with E-state index in [1.165, 1.54) is 5.56 Å². The zero-order valence-electron chi connectivity index (χ0n) is 19.9. The molecule has 1 unspecified atom stereocenters. The molecule has 32 heavy (non-hydrogen) atoms. The Balaban J connectivity index is 1.56. The predicted octanol–water partition coefficient (Wildman–Crippen LogP) is 4.37. The van der Waals surface area contributed by atoms with Crippen LogP contribution in [0.1, 0.15) is 50.8 Å². The molecule has 1 aliphatic rings. The summed E-state index contributed by atoms with van der Waals surface area (Å²) in [4.78, 5) is 7.39. The van der Waals surface area contributed by atoms with Gasteiger partial charge in [0.1, 0.15) is 0 Å². The number of aliphatic imine (C=N–C) groups is 1. The number of nitrogens with zero attached hydrogens (tertiary/aromatic N) is 2. The Morgan fingerprint density at radius 3 is 2.50 bits per heavy atom. The van der Waals surface area contributed by atoms with Gasteiger partial charge in [0.2, 0.25) is 0 Å². The van der Waals surface area contributed by atoms with Crippen molar-refractivity contribution in [3.8, 4) is 11.5 Å². The average molecular weight is 439 g/mol. The number of rotatable bonds is 9. The van der Waals surface area contributed by atoms with Crippen LogP contribution < -0.4 is 20.1 Å². The number of benzene rings is 2. The van der Waals surface area contributed by atoms with Gasteiger partial charge in [0, 0.05) is 31.7 Å². The number of hydrogen-bond acceptors (Lipinski definition) is 4. The molecule has 1 aliphatic heterocycles. The van der Waals surface area contributed by atoms with E-state index in [0.717, 1.165) is 55.5 Å². The molecule has 174 valence electrons. The highest BCUT2D eigenvalue weighted by molar-refractivity contribution is 5.80. The molecule has 0 spiro atoms. The summed E-state index contributed by atoms with van der Waals surface area (Å²) in [6.07, 6.45) is 2.22. The van der Waals surface area contributed by atoms with E-state index in [1.807, 2.05) is 25.1 Å². The van der Waals surface area contributed by atoms with Crippen molar-refractivity contribution < 1.29 is 9.47 Å². The fourth-order valence-corrected chi connectivity index (χ4v) is 4.14. The van der Waals surface area contributed by atoms with Crippen LogP contribution in [-0.4, -0.2) is 50.3 Å². The Kier molecular flexibility index (Phi) is 9.23. The Morgan fingerprint density at radius 1 is 1.09 bits per heavy atom. The van der Waals surface area contributed by atoms with Crippen molar-refractivity contribution in [3.05, 3.63) is 59.7 Å². The molecule has 0 amide bonds. The van der Waals surface area contributed by atoms with E-state index >= 15 is 0 Å². The Morgan fingerprint density at radius 2 is 1.84 bits per heavy atom. The van der Waals surface area contributed by atoms with Gasteiger partial charge in [-0.25, -0.2) is 4.99 Å². The van der Waals surface area contributed by atoms with Crippen LogP contribution in [-0.2, 0) is 6.54 Å². The summed E-state index contributed by atoms with van der Waals surface area (Å²) in [5.74, 6) is 2.39. The highest BCUT2D eigenvalue weighted by Crippen LogP contribution is 2.28. The van der Waals surface area contributed by atoms with Crippen molar-refractivity contribution in [1.29, 1.82) is 0 Å². The van der Waals surface area contributed by atoms with E-state index in [-0.39, 0.29) is 0 Å². The zero-order chi connectivity index (χ0) is 22.8. The number of ether oxygens (including phenoxy) is 2. The third-order valence-electron chi connectivity index (χ3n) is 5.99. The second-order valence-corrected chi connectivity index (χ2v) is 8.15. The first kappa shape index (κ1) is 23.9. The van der Waals surface area contributed by atoms with Crippen LogP contribution in [0.15, 0.2) is 53.5 Å². The maximum atomic E-state index is 5.70. The lowest BCUT2D eigenvalue weighted by Crippen LogP contribution is -2.49. The van der Waals surface area contributed by atoms with Gasteiger partial charge in [-0.1, -0.05) is 36.4 Å². The smallest absolute Gasteiger partial charge is 0.191 e. The fourth-order valence-electron chi connectivity index (χ4n) is 4.14. The molecule has 1 heterocycles. The molecule has 0 bridgehead atoms. The maximum absolute atomic E-state index is 5.70. The van der Waals surface area contributed by atoms with E-state index in [1.54, 1.807) is 7.11 Å². The van der Waals surface area contributed by atoms with E-state index in [2.05, 4.69) is 59.7 Å². The molecule has 1 atom stereocenters. The Hall–Kier alpha value is -2.73. The van der Waals surface area contributed by atoms with E-state index in [9.17, 15) is 0 Å². The summed E-state index contributed by atoms with van der Waals surface area (Å²) in [7, 11) is 1.66. The molecule has 1 fully saturated rings. The van der Waals surface area contributed by atoms with Crippen molar-refractivity contribution in [2.75, 3.05) is 33.4 Å². The van der Waals surface area contributed by atoms with Crippen molar-refractivity contribution in [2.24, 2.45) is 4.99 Å². The quantitative estimate of drug-likeness (QED) is 0.450. The van der Waals surface area contributed by atoms with E-state index in [4.69, 9.17) is 14.5 Å². The van der Waals surface area contributed by atoms with E-state index in [0.29, 0.717) is 25.2 Å². The highest BCUT2D eigenvalue weighted by atomic mass is 16.5. The zero-order valence-corrected chi connectivity index (χ0v) is 19.9. The summed E-state index contributed by atoms with van der Waals surface area (Å²) in [5.41, 5.74) is 2.48. The number of nitrogens with one attached hydrogen (secondary N) is 2. The van der Waals surface area contributed by atoms with Crippen molar-refractivity contribution in [2.45, 2.75) is 52.2 Å². The fraction of sp³-hybridized carbons (Fsp3) is 0.500. The second kappa shape index (κ2) is 12.3. The van der Waals surface area contributed by atoms with Gasteiger partial charge in [-0.2, -0.15) is 0 Å². The van der Waals surface area contributed by atoms with Crippen LogP contribution >= 0.6 is 0 Å². The third-order valence-corrected chi connectivity index (χ3v) is 5.99. The van der Waals surface area contributed by atoms with Crippen molar-refractivity contribution >= 4 is 5.96 Å². The van der Waals surface area contributed by atoms with Gasteiger partial charge in [0.15, 0.2) is 17.5 Å². The molecule has 1 saturated heterocycles. The molecule has 6 heteroatoms. The highest BCUT2D eigenvalue weighted by Gasteiger charge is 2.24. The van der Waals surface area contributed by atoms with Gasteiger partial charge >= 0.3 is 0 Å². The van der Waals surface area contributed by atoms with Crippen LogP contribution in [0.5, 0.6) is 11.5 Å². The molecular weight excluding hydrogens is 400 g/mol. The monoisotopic (exact) mass is 438 g/mol. The SMILES string of the molecule is CCNC(=NCc1ccc(OC)c(OCC)c1)NC1CCN(C(C)c2ccccc2)CC1. The number of hydrogen-bond donors (Lipinski definition) is 2. The minimum absolute atomic E-state index is 0.432. The third kappa shape index (κ3) is 6.63. The van der Waals surface area contributed by atoms with Gasteiger partial charge < -0.3 is 20.1 Å². The Labute approximate surface area is 193 Å². The summed E-state index contributed by atoms with van der Waals surface area (Å²) in [5, 5.41) is 7.04. The van der Waals surface area contributed by atoms with Crippen LogP contribution in [0, 0.1) is 0 Å². The number of piperidine rings is 1. The molecule has 0 aromatic heterocycles. The molecule has 0 saturated carbocycles. The molecule has 0 radical (unpaired) electrons. The topological polar surface area (TPSA) is 58.1 Å². The molecule has 2 N–H and O–H groups in total. The molecule has 2 aromatic carbocycles. The van der Waals surface area contributed by atoms with Gasteiger partial charge in [0.25, 0.3) is 0 Å². The molecular formula is C26H38N4O2. The summed E-state index contributed by atoms with van der Waals surface area (Å²) in [6.45, 7) is 10.6. The Bertz CT molecular complexity index is 848. The van der Waals surface area contributed by atoms with Crippen LogP contribution in [0.2, 0.25) is 0 Å². The summed E-state index contributed by atoms with van der Waals surface area (Å²) < 4.78 is 11.1. The van der Waals surface area contributed by atoms with Gasteiger partial charge in [0.05, 0.1) is 20.3 Å². The first-order valence-corrected chi connectivity index (χ1v) is 11.8. The van der Waals surface area contributed by atoms with Gasteiger partial charge in [-0.15, -0.1) is 0 Å². The summed E-state index contributed by atoms with van der Waals surface area (Å²) >= 11 is 0. The minimum atomic E-state index is 0.432.